The lowest BCUT2D eigenvalue weighted by Crippen LogP contribution is -2.56. The van der Waals surface area contributed by atoms with Gasteiger partial charge >= 0.3 is 0 Å². The van der Waals surface area contributed by atoms with Crippen LogP contribution in [0.15, 0.2) is 18.5 Å². The Labute approximate surface area is 97.5 Å². The van der Waals surface area contributed by atoms with E-state index in [1.807, 2.05) is 12.1 Å². The Bertz CT molecular complexity index is 572. The molecule has 80 valence electrons. The average molecular weight is 222 g/mol. The van der Waals surface area contributed by atoms with E-state index in [9.17, 15) is 10.5 Å². The third-order valence-electron chi connectivity index (χ3n) is 3.25. The molecular weight excluding hydrogens is 216 g/mol. The zero-order valence-electron chi connectivity index (χ0n) is 8.70. The molecule has 1 fully saturated rings. The molecular formula is C11H6N6. The predicted octanol–water partition coefficient (Wildman–Crippen LogP) is 0.895. The Morgan fingerprint density at radius 1 is 1.12 bits per heavy atom. The monoisotopic (exact) mass is 222 g/mol. The molecule has 0 bridgehead atoms. The zero-order chi connectivity index (χ0) is 12.5. The largest absolute Gasteiger partial charge is 0.267 e. The van der Waals surface area contributed by atoms with Crippen LogP contribution in [0.2, 0.25) is 0 Å². The second-order valence-corrected chi connectivity index (χ2v) is 3.87. The van der Waals surface area contributed by atoms with E-state index in [1.165, 1.54) is 10.9 Å². The zero-order valence-corrected chi connectivity index (χ0v) is 8.70. The van der Waals surface area contributed by atoms with Crippen LogP contribution in [0.25, 0.3) is 0 Å². The van der Waals surface area contributed by atoms with Gasteiger partial charge in [-0.3, -0.25) is 4.68 Å². The molecule has 0 radical (unpaired) electrons. The summed E-state index contributed by atoms with van der Waals surface area (Å²) < 4.78 is 1.46. The molecule has 0 N–H and O–H groups in total. The van der Waals surface area contributed by atoms with Crippen molar-refractivity contribution in [2.24, 2.45) is 10.8 Å². The van der Waals surface area contributed by atoms with Gasteiger partial charge < -0.3 is 0 Å². The smallest absolute Gasteiger partial charge is 0.197 e. The van der Waals surface area contributed by atoms with E-state index in [0.717, 1.165) is 0 Å². The van der Waals surface area contributed by atoms with Crippen LogP contribution in [-0.2, 0) is 0 Å². The maximum atomic E-state index is 9.19. The van der Waals surface area contributed by atoms with E-state index < -0.39 is 16.9 Å². The Balaban J connectivity index is 2.53. The van der Waals surface area contributed by atoms with E-state index in [-0.39, 0.29) is 6.42 Å². The molecule has 1 heterocycles. The van der Waals surface area contributed by atoms with Crippen molar-refractivity contribution in [3.05, 3.63) is 18.5 Å². The van der Waals surface area contributed by atoms with Crippen molar-refractivity contribution >= 4 is 0 Å². The van der Waals surface area contributed by atoms with Crippen molar-refractivity contribution < 1.29 is 0 Å². The van der Waals surface area contributed by atoms with Gasteiger partial charge in [-0.2, -0.15) is 26.1 Å². The standard InChI is InChI=1S/C11H6N6/c12-5-10(6-13)4-9(11(10,7-14)8-15)17-3-1-2-16-17/h1-3,9H,4H2. The van der Waals surface area contributed by atoms with Gasteiger partial charge in [-0.15, -0.1) is 0 Å². The molecule has 1 saturated carbocycles. The Hall–Kier alpha value is -2.83. The van der Waals surface area contributed by atoms with Crippen molar-refractivity contribution in [1.82, 2.24) is 9.78 Å². The summed E-state index contributed by atoms with van der Waals surface area (Å²) >= 11 is 0. The van der Waals surface area contributed by atoms with Crippen LogP contribution in [0.1, 0.15) is 12.5 Å². The van der Waals surface area contributed by atoms with Gasteiger partial charge in [0.2, 0.25) is 0 Å². The molecule has 0 aromatic carbocycles. The number of rotatable bonds is 1. The number of aromatic nitrogens is 2. The van der Waals surface area contributed by atoms with Gasteiger partial charge in [-0.05, 0) is 6.07 Å². The van der Waals surface area contributed by atoms with Crippen molar-refractivity contribution in [2.75, 3.05) is 0 Å². The molecule has 1 atom stereocenters. The molecule has 6 heteroatoms. The fraction of sp³-hybridized carbons (Fsp3) is 0.364. The lowest BCUT2D eigenvalue weighted by atomic mass is 9.48. The molecule has 17 heavy (non-hydrogen) atoms. The van der Waals surface area contributed by atoms with Crippen molar-refractivity contribution in [2.45, 2.75) is 12.5 Å². The summed E-state index contributed by atoms with van der Waals surface area (Å²) in [6, 6.07) is 8.38. The van der Waals surface area contributed by atoms with Crippen molar-refractivity contribution in [3.8, 4) is 24.3 Å². The first-order valence-corrected chi connectivity index (χ1v) is 4.84. The fourth-order valence-electron chi connectivity index (χ4n) is 2.17. The van der Waals surface area contributed by atoms with Crippen LogP contribution in [0, 0.1) is 56.2 Å². The summed E-state index contributed by atoms with van der Waals surface area (Å²) in [7, 11) is 0. The topological polar surface area (TPSA) is 113 Å². The third-order valence-corrected chi connectivity index (χ3v) is 3.25. The van der Waals surface area contributed by atoms with Gasteiger partial charge in [0.1, 0.15) is 0 Å². The van der Waals surface area contributed by atoms with Crippen LogP contribution in [0.5, 0.6) is 0 Å². The molecule has 1 aromatic heterocycles. The van der Waals surface area contributed by atoms with Crippen LogP contribution in [0.4, 0.5) is 0 Å². The molecule has 2 rings (SSSR count). The summed E-state index contributed by atoms with van der Waals surface area (Å²) in [4.78, 5) is 0. The van der Waals surface area contributed by atoms with Crippen molar-refractivity contribution in [1.29, 1.82) is 21.0 Å². The second kappa shape index (κ2) is 3.34. The highest BCUT2D eigenvalue weighted by Crippen LogP contribution is 2.61. The second-order valence-electron chi connectivity index (χ2n) is 3.87. The van der Waals surface area contributed by atoms with Gasteiger partial charge in [0.25, 0.3) is 0 Å². The summed E-state index contributed by atoms with van der Waals surface area (Å²) in [6.45, 7) is 0. The van der Waals surface area contributed by atoms with Gasteiger partial charge in [0.05, 0.1) is 30.3 Å². The molecule has 0 amide bonds. The van der Waals surface area contributed by atoms with Crippen LogP contribution >= 0.6 is 0 Å². The molecule has 6 nitrogen and oxygen atoms in total. The van der Waals surface area contributed by atoms with E-state index in [4.69, 9.17) is 10.5 Å². The van der Waals surface area contributed by atoms with E-state index in [1.54, 1.807) is 24.4 Å². The summed E-state index contributed by atoms with van der Waals surface area (Å²) in [5.41, 5.74) is -3.21. The minimum absolute atomic E-state index is 0.142. The Morgan fingerprint density at radius 2 is 1.76 bits per heavy atom. The molecule has 1 unspecified atom stereocenters. The number of hydrogen-bond donors (Lipinski definition) is 0. The maximum absolute atomic E-state index is 9.19. The highest BCUT2D eigenvalue weighted by atomic mass is 15.3. The minimum atomic E-state index is -1.65. The first-order valence-electron chi connectivity index (χ1n) is 4.84. The van der Waals surface area contributed by atoms with Crippen LogP contribution in [-0.4, -0.2) is 9.78 Å². The summed E-state index contributed by atoms with van der Waals surface area (Å²) in [5.74, 6) is 0. The first kappa shape index (κ1) is 10.7. The van der Waals surface area contributed by atoms with E-state index in [0.29, 0.717) is 0 Å². The molecule has 1 aliphatic carbocycles. The highest BCUT2D eigenvalue weighted by Gasteiger charge is 2.70. The van der Waals surface area contributed by atoms with Crippen molar-refractivity contribution in [3.63, 3.8) is 0 Å². The Morgan fingerprint density at radius 3 is 2.18 bits per heavy atom. The molecule has 1 aromatic rings. The SMILES string of the molecule is N#CC1(C#N)CC(n2cccn2)C1(C#N)C#N. The van der Waals surface area contributed by atoms with E-state index in [2.05, 4.69) is 5.10 Å². The maximum Gasteiger partial charge on any atom is 0.197 e. The molecule has 0 aliphatic heterocycles. The van der Waals surface area contributed by atoms with E-state index >= 15 is 0 Å². The minimum Gasteiger partial charge on any atom is -0.267 e. The molecule has 0 saturated heterocycles. The normalized spacial score (nSPS) is 23.2. The quantitative estimate of drug-likeness (QED) is 0.700. The summed E-state index contributed by atoms with van der Waals surface area (Å²) in [6.07, 6.45) is 3.29. The lowest BCUT2D eigenvalue weighted by Gasteiger charge is -2.48. The third kappa shape index (κ3) is 1.02. The summed E-state index contributed by atoms with van der Waals surface area (Å²) in [5, 5.41) is 40.4. The highest BCUT2D eigenvalue weighted by molar-refractivity contribution is 5.43. The average Bonchev–Trinajstić information content (AvgIpc) is 2.85. The molecule has 1 aliphatic rings. The van der Waals surface area contributed by atoms with Gasteiger partial charge in [0.15, 0.2) is 10.8 Å². The van der Waals surface area contributed by atoms with Gasteiger partial charge in [-0.1, -0.05) is 0 Å². The fourth-order valence-corrected chi connectivity index (χ4v) is 2.17. The molecule has 0 spiro atoms. The Kier molecular flexibility index (Phi) is 2.10. The first-order chi connectivity index (χ1) is 8.19. The van der Waals surface area contributed by atoms with Crippen LogP contribution in [0.3, 0.4) is 0 Å². The lowest BCUT2D eigenvalue weighted by molar-refractivity contribution is 0.0361. The number of nitriles is 4. The predicted molar refractivity (Wildman–Crippen MR) is 53.2 cm³/mol. The number of nitrogens with zero attached hydrogens (tertiary/aromatic N) is 6. The van der Waals surface area contributed by atoms with Gasteiger partial charge in [0, 0.05) is 18.8 Å². The number of hydrogen-bond acceptors (Lipinski definition) is 5. The van der Waals surface area contributed by atoms with Gasteiger partial charge in [-0.25, -0.2) is 0 Å². The van der Waals surface area contributed by atoms with Crippen LogP contribution < -0.4 is 0 Å².